The van der Waals surface area contributed by atoms with Crippen LogP contribution in [-0.2, 0) is 6.42 Å². The van der Waals surface area contributed by atoms with Gasteiger partial charge in [0.15, 0.2) is 0 Å². The van der Waals surface area contributed by atoms with E-state index in [0.29, 0.717) is 6.42 Å². The van der Waals surface area contributed by atoms with Gasteiger partial charge in [-0.25, -0.2) is 0 Å². The van der Waals surface area contributed by atoms with Gasteiger partial charge in [0.05, 0.1) is 6.10 Å². The number of pyridine rings is 1. The van der Waals surface area contributed by atoms with Crippen molar-refractivity contribution in [3.63, 3.8) is 0 Å². The molecule has 15 heavy (non-hydrogen) atoms. The zero-order valence-electron chi connectivity index (χ0n) is 8.38. The number of aliphatic hydroxyl groups is 1. The predicted octanol–water partition coefficient (Wildman–Crippen LogP) is 2.36. The van der Waals surface area contributed by atoms with E-state index in [0.717, 1.165) is 11.1 Å². The minimum atomic E-state index is -0.471. The molecule has 0 bridgehead atoms. The van der Waals surface area contributed by atoms with Gasteiger partial charge in [0.25, 0.3) is 0 Å². The Morgan fingerprint density at radius 3 is 2.53 bits per heavy atom. The van der Waals surface area contributed by atoms with Crippen molar-refractivity contribution in [2.24, 2.45) is 0 Å². The first-order valence-electron chi connectivity index (χ1n) is 4.98. The van der Waals surface area contributed by atoms with Gasteiger partial charge in [-0.2, -0.15) is 0 Å². The zero-order chi connectivity index (χ0) is 10.5. The summed E-state index contributed by atoms with van der Waals surface area (Å²) in [5.41, 5.74) is 2.00. The molecule has 1 aromatic carbocycles. The van der Waals surface area contributed by atoms with E-state index in [1.165, 1.54) is 0 Å². The molecule has 2 heteroatoms. The molecule has 1 heterocycles. The largest absolute Gasteiger partial charge is 0.388 e. The fourth-order valence-corrected chi connectivity index (χ4v) is 1.53. The monoisotopic (exact) mass is 199 g/mol. The third kappa shape index (κ3) is 2.64. The number of benzene rings is 1. The van der Waals surface area contributed by atoms with Gasteiger partial charge in [0.2, 0.25) is 0 Å². The summed E-state index contributed by atoms with van der Waals surface area (Å²) in [4.78, 5) is 3.99. The Balaban J connectivity index is 2.08. The van der Waals surface area contributed by atoms with Crippen LogP contribution in [0.1, 0.15) is 17.2 Å². The predicted molar refractivity (Wildman–Crippen MR) is 59.3 cm³/mol. The van der Waals surface area contributed by atoms with Crippen molar-refractivity contribution in [2.75, 3.05) is 0 Å². The Kier molecular flexibility index (Phi) is 3.10. The molecule has 0 amide bonds. The smallest absolute Gasteiger partial charge is 0.0845 e. The van der Waals surface area contributed by atoms with Crippen LogP contribution in [-0.4, -0.2) is 10.1 Å². The van der Waals surface area contributed by atoms with E-state index in [2.05, 4.69) is 4.98 Å². The Labute approximate surface area is 89.2 Å². The molecule has 0 saturated heterocycles. The van der Waals surface area contributed by atoms with E-state index in [4.69, 9.17) is 0 Å². The second-order valence-electron chi connectivity index (χ2n) is 3.49. The van der Waals surface area contributed by atoms with Crippen molar-refractivity contribution in [2.45, 2.75) is 12.5 Å². The van der Waals surface area contributed by atoms with Crippen molar-refractivity contribution in [3.8, 4) is 0 Å². The summed E-state index contributed by atoms with van der Waals surface area (Å²) in [6.45, 7) is 0. The minimum Gasteiger partial charge on any atom is -0.388 e. The summed E-state index contributed by atoms with van der Waals surface area (Å²) >= 11 is 0. The molecular weight excluding hydrogens is 186 g/mol. The number of aliphatic hydroxyl groups excluding tert-OH is 1. The van der Waals surface area contributed by atoms with Crippen molar-refractivity contribution in [3.05, 3.63) is 66.0 Å². The van der Waals surface area contributed by atoms with Crippen LogP contribution in [0.3, 0.4) is 0 Å². The van der Waals surface area contributed by atoms with Crippen LogP contribution < -0.4 is 0 Å². The van der Waals surface area contributed by atoms with Crippen molar-refractivity contribution >= 4 is 0 Å². The van der Waals surface area contributed by atoms with E-state index in [1.54, 1.807) is 12.4 Å². The average molecular weight is 199 g/mol. The number of aromatic nitrogens is 1. The summed E-state index contributed by atoms with van der Waals surface area (Å²) in [6.07, 6.45) is 3.57. The number of rotatable bonds is 3. The maximum Gasteiger partial charge on any atom is 0.0845 e. The van der Waals surface area contributed by atoms with Crippen LogP contribution in [0.5, 0.6) is 0 Å². The van der Waals surface area contributed by atoms with Gasteiger partial charge >= 0.3 is 0 Å². The highest BCUT2D eigenvalue weighted by atomic mass is 16.3. The molecule has 76 valence electrons. The van der Waals surface area contributed by atoms with Crippen LogP contribution in [0.15, 0.2) is 54.9 Å². The molecule has 1 atom stereocenters. The van der Waals surface area contributed by atoms with Crippen LogP contribution >= 0.6 is 0 Å². The van der Waals surface area contributed by atoms with Crippen molar-refractivity contribution in [1.29, 1.82) is 0 Å². The molecule has 1 aromatic heterocycles. The Bertz CT molecular complexity index is 399. The Morgan fingerprint density at radius 1 is 1.07 bits per heavy atom. The summed E-state index contributed by atoms with van der Waals surface area (Å²) < 4.78 is 0. The van der Waals surface area contributed by atoms with Gasteiger partial charge in [-0.15, -0.1) is 0 Å². The summed E-state index contributed by atoms with van der Waals surface area (Å²) in [7, 11) is 0. The summed E-state index contributed by atoms with van der Waals surface area (Å²) in [5, 5.41) is 9.93. The van der Waals surface area contributed by atoms with Gasteiger partial charge in [0, 0.05) is 18.8 Å². The topological polar surface area (TPSA) is 33.1 Å². The minimum absolute atomic E-state index is 0.471. The molecule has 0 spiro atoms. The van der Waals surface area contributed by atoms with Gasteiger partial charge in [-0.3, -0.25) is 4.98 Å². The maximum atomic E-state index is 9.93. The SMILES string of the molecule is OC(Cc1ccccc1)c1cccnc1. The quantitative estimate of drug-likeness (QED) is 0.823. The second kappa shape index (κ2) is 4.71. The van der Waals surface area contributed by atoms with E-state index in [-0.39, 0.29) is 0 Å². The number of hydrogen-bond donors (Lipinski definition) is 1. The van der Waals surface area contributed by atoms with Crippen LogP contribution in [0.25, 0.3) is 0 Å². The lowest BCUT2D eigenvalue weighted by molar-refractivity contribution is 0.178. The molecule has 1 unspecified atom stereocenters. The molecule has 0 fully saturated rings. The maximum absolute atomic E-state index is 9.93. The van der Waals surface area contributed by atoms with Crippen LogP contribution in [0.4, 0.5) is 0 Å². The van der Waals surface area contributed by atoms with E-state index in [9.17, 15) is 5.11 Å². The molecule has 2 rings (SSSR count). The van der Waals surface area contributed by atoms with Crippen molar-refractivity contribution < 1.29 is 5.11 Å². The first kappa shape index (κ1) is 9.87. The standard InChI is InChI=1S/C13H13NO/c15-13(12-7-4-8-14-10-12)9-11-5-2-1-3-6-11/h1-8,10,13,15H,9H2. The summed E-state index contributed by atoms with van der Waals surface area (Å²) in [5.74, 6) is 0. The van der Waals surface area contributed by atoms with Gasteiger partial charge in [-0.1, -0.05) is 36.4 Å². The third-order valence-electron chi connectivity index (χ3n) is 2.34. The van der Waals surface area contributed by atoms with E-state index in [1.807, 2.05) is 42.5 Å². The first-order valence-corrected chi connectivity index (χ1v) is 4.98. The molecular formula is C13H13NO. The lowest BCUT2D eigenvalue weighted by atomic mass is 10.0. The molecule has 2 nitrogen and oxygen atoms in total. The fraction of sp³-hybridized carbons (Fsp3) is 0.154. The lowest BCUT2D eigenvalue weighted by Crippen LogP contribution is -2.01. The highest BCUT2D eigenvalue weighted by Crippen LogP contribution is 2.16. The zero-order valence-corrected chi connectivity index (χ0v) is 8.38. The van der Waals surface area contributed by atoms with Gasteiger partial charge in [-0.05, 0) is 17.2 Å². The Hall–Kier alpha value is -1.67. The number of hydrogen-bond acceptors (Lipinski definition) is 2. The van der Waals surface area contributed by atoms with Crippen molar-refractivity contribution in [1.82, 2.24) is 4.98 Å². The normalized spacial score (nSPS) is 12.3. The van der Waals surface area contributed by atoms with Crippen LogP contribution in [0.2, 0.25) is 0 Å². The number of nitrogens with zero attached hydrogens (tertiary/aromatic N) is 1. The third-order valence-corrected chi connectivity index (χ3v) is 2.34. The second-order valence-corrected chi connectivity index (χ2v) is 3.49. The van der Waals surface area contributed by atoms with Gasteiger partial charge in [0.1, 0.15) is 0 Å². The van der Waals surface area contributed by atoms with E-state index < -0.39 is 6.10 Å². The van der Waals surface area contributed by atoms with E-state index >= 15 is 0 Å². The first-order chi connectivity index (χ1) is 7.36. The van der Waals surface area contributed by atoms with Gasteiger partial charge < -0.3 is 5.11 Å². The molecule has 0 aliphatic heterocycles. The molecule has 0 radical (unpaired) electrons. The van der Waals surface area contributed by atoms with Crippen LogP contribution in [0, 0.1) is 0 Å². The summed E-state index contributed by atoms with van der Waals surface area (Å²) in [6, 6.07) is 13.7. The fourth-order valence-electron chi connectivity index (χ4n) is 1.53. The Morgan fingerprint density at radius 2 is 1.87 bits per heavy atom. The highest BCUT2D eigenvalue weighted by molar-refractivity contribution is 5.19. The highest BCUT2D eigenvalue weighted by Gasteiger charge is 2.07. The molecule has 1 N–H and O–H groups in total. The average Bonchev–Trinajstić information content (AvgIpc) is 2.31. The molecule has 0 aliphatic rings. The molecule has 2 aromatic rings. The lowest BCUT2D eigenvalue weighted by Gasteiger charge is -2.09. The molecule has 0 saturated carbocycles. The molecule has 0 aliphatic carbocycles.